The van der Waals surface area contributed by atoms with Gasteiger partial charge in [0.05, 0.1) is 0 Å². The molecule has 1 saturated carbocycles. The Balaban J connectivity index is 1.83. The number of nitrogens with one attached hydrogen (secondary N) is 1. The first-order valence-electron chi connectivity index (χ1n) is 8.10. The highest BCUT2D eigenvalue weighted by atomic mass is 16.2. The van der Waals surface area contributed by atoms with E-state index in [1.165, 1.54) is 19.3 Å². The lowest BCUT2D eigenvalue weighted by Gasteiger charge is -2.35. The van der Waals surface area contributed by atoms with Crippen LogP contribution in [0.5, 0.6) is 0 Å². The maximum absolute atomic E-state index is 12.2. The second-order valence-electron chi connectivity index (χ2n) is 6.19. The van der Waals surface area contributed by atoms with Crippen LogP contribution in [0, 0.1) is 6.92 Å². The molecular formula is C16H24N4O. The Morgan fingerprint density at radius 3 is 2.86 bits per heavy atom. The van der Waals surface area contributed by atoms with Crippen LogP contribution in [-0.2, 0) is 0 Å². The predicted octanol–water partition coefficient (Wildman–Crippen LogP) is 2.45. The third kappa shape index (κ3) is 3.34. The van der Waals surface area contributed by atoms with E-state index in [0.717, 1.165) is 37.4 Å². The Morgan fingerprint density at radius 2 is 2.14 bits per heavy atom. The van der Waals surface area contributed by atoms with Gasteiger partial charge in [-0.3, -0.25) is 4.79 Å². The van der Waals surface area contributed by atoms with Crippen molar-refractivity contribution in [2.24, 2.45) is 0 Å². The Kier molecular flexibility index (Phi) is 4.08. The Bertz CT molecular complexity index is 527. The van der Waals surface area contributed by atoms with E-state index >= 15 is 0 Å². The molecule has 3 rings (SSSR count). The van der Waals surface area contributed by atoms with Crippen LogP contribution in [0.15, 0.2) is 6.07 Å². The predicted molar refractivity (Wildman–Crippen MR) is 82.5 cm³/mol. The fourth-order valence-electron chi connectivity index (χ4n) is 2.97. The van der Waals surface area contributed by atoms with E-state index < -0.39 is 0 Å². The number of carbonyl (C=O) groups excluding carboxylic acids is 1. The topological polar surface area (TPSA) is 58.1 Å². The standard InChI is InChI=1S/C16H24N4O/c1-3-13-6-4-5-9-20(13)16-17-11(2)10-14(19-16)15(21)18-12-7-8-12/h10,12-13H,3-9H2,1-2H3,(H,18,21). The summed E-state index contributed by atoms with van der Waals surface area (Å²) in [5.74, 6) is 0.664. The summed E-state index contributed by atoms with van der Waals surface area (Å²) in [4.78, 5) is 23.6. The molecule has 1 atom stereocenters. The number of aromatic nitrogens is 2. The van der Waals surface area contributed by atoms with E-state index in [4.69, 9.17) is 0 Å². The molecule has 1 aliphatic heterocycles. The zero-order valence-corrected chi connectivity index (χ0v) is 12.9. The van der Waals surface area contributed by atoms with Crippen LogP contribution in [0.2, 0.25) is 0 Å². The normalized spacial score (nSPS) is 22.2. The molecule has 1 saturated heterocycles. The first-order valence-corrected chi connectivity index (χ1v) is 8.10. The molecule has 2 heterocycles. The van der Waals surface area contributed by atoms with Crippen molar-refractivity contribution in [3.8, 4) is 0 Å². The van der Waals surface area contributed by atoms with Gasteiger partial charge in [0, 0.05) is 24.3 Å². The van der Waals surface area contributed by atoms with Crippen LogP contribution in [0.1, 0.15) is 61.6 Å². The van der Waals surface area contributed by atoms with Crippen molar-refractivity contribution in [2.75, 3.05) is 11.4 Å². The Hall–Kier alpha value is -1.65. The molecule has 1 unspecified atom stereocenters. The molecular weight excluding hydrogens is 264 g/mol. The molecule has 1 N–H and O–H groups in total. The molecule has 0 aromatic carbocycles. The van der Waals surface area contributed by atoms with Gasteiger partial charge in [-0.1, -0.05) is 6.92 Å². The van der Waals surface area contributed by atoms with E-state index in [1.54, 1.807) is 6.07 Å². The van der Waals surface area contributed by atoms with Crippen LogP contribution >= 0.6 is 0 Å². The SMILES string of the molecule is CCC1CCCCN1c1nc(C)cc(C(=O)NC2CC2)n1. The van der Waals surface area contributed by atoms with Crippen LogP contribution < -0.4 is 10.2 Å². The van der Waals surface area contributed by atoms with Crippen molar-refractivity contribution >= 4 is 11.9 Å². The molecule has 1 aromatic rings. The fraction of sp³-hybridized carbons (Fsp3) is 0.688. The minimum Gasteiger partial charge on any atom is -0.348 e. The first-order chi connectivity index (χ1) is 10.2. The summed E-state index contributed by atoms with van der Waals surface area (Å²) in [5.41, 5.74) is 1.37. The smallest absolute Gasteiger partial charge is 0.270 e. The van der Waals surface area contributed by atoms with Crippen LogP contribution in [0.25, 0.3) is 0 Å². The number of rotatable bonds is 4. The van der Waals surface area contributed by atoms with Gasteiger partial charge in [-0.15, -0.1) is 0 Å². The lowest BCUT2D eigenvalue weighted by molar-refractivity contribution is 0.0946. The minimum atomic E-state index is -0.0608. The van der Waals surface area contributed by atoms with Gasteiger partial charge in [0.25, 0.3) is 5.91 Å². The van der Waals surface area contributed by atoms with Crippen molar-refractivity contribution in [1.29, 1.82) is 0 Å². The van der Waals surface area contributed by atoms with Gasteiger partial charge in [-0.2, -0.15) is 0 Å². The highest BCUT2D eigenvalue weighted by Crippen LogP contribution is 2.24. The molecule has 2 fully saturated rings. The zero-order chi connectivity index (χ0) is 14.8. The Morgan fingerprint density at radius 1 is 1.33 bits per heavy atom. The van der Waals surface area contributed by atoms with E-state index in [1.807, 2.05) is 6.92 Å². The summed E-state index contributed by atoms with van der Waals surface area (Å²) in [7, 11) is 0. The number of amides is 1. The van der Waals surface area contributed by atoms with Crippen molar-refractivity contribution in [3.63, 3.8) is 0 Å². The molecule has 1 aromatic heterocycles. The molecule has 114 valence electrons. The number of carbonyl (C=O) groups is 1. The summed E-state index contributed by atoms with van der Waals surface area (Å²) in [6.07, 6.45) is 6.92. The minimum absolute atomic E-state index is 0.0608. The largest absolute Gasteiger partial charge is 0.348 e. The average molecular weight is 288 g/mol. The third-order valence-electron chi connectivity index (χ3n) is 4.34. The number of hydrogen-bond acceptors (Lipinski definition) is 4. The van der Waals surface area contributed by atoms with Crippen molar-refractivity contribution in [3.05, 3.63) is 17.5 Å². The summed E-state index contributed by atoms with van der Waals surface area (Å²) >= 11 is 0. The summed E-state index contributed by atoms with van der Waals surface area (Å²) in [6, 6.07) is 2.64. The number of anilines is 1. The highest BCUT2D eigenvalue weighted by molar-refractivity contribution is 5.93. The molecule has 0 bridgehead atoms. The Labute approximate surface area is 126 Å². The molecule has 2 aliphatic rings. The molecule has 0 radical (unpaired) electrons. The summed E-state index contributed by atoms with van der Waals surface area (Å²) in [5, 5.41) is 3.00. The highest BCUT2D eigenvalue weighted by Gasteiger charge is 2.27. The quantitative estimate of drug-likeness (QED) is 0.924. The van der Waals surface area contributed by atoms with E-state index in [9.17, 15) is 4.79 Å². The molecule has 1 amide bonds. The number of aryl methyl sites for hydroxylation is 1. The number of piperidine rings is 1. The molecule has 21 heavy (non-hydrogen) atoms. The zero-order valence-electron chi connectivity index (χ0n) is 12.9. The van der Waals surface area contributed by atoms with Gasteiger partial charge < -0.3 is 10.2 Å². The van der Waals surface area contributed by atoms with Gasteiger partial charge in [-0.05, 0) is 51.5 Å². The molecule has 1 aliphatic carbocycles. The maximum atomic E-state index is 12.2. The second-order valence-corrected chi connectivity index (χ2v) is 6.19. The van der Waals surface area contributed by atoms with E-state index in [2.05, 4.69) is 27.1 Å². The van der Waals surface area contributed by atoms with Gasteiger partial charge in [0.15, 0.2) is 0 Å². The van der Waals surface area contributed by atoms with Gasteiger partial charge in [0.2, 0.25) is 5.95 Å². The monoisotopic (exact) mass is 288 g/mol. The van der Waals surface area contributed by atoms with Gasteiger partial charge in [0.1, 0.15) is 5.69 Å². The fourth-order valence-corrected chi connectivity index (χ4v) is 2.97. The van der Waals surface area contributed by atoms with Crippen LogP contribution in [0.4, 0.5) is 5.95 Å². The number of nitrogens with zero attached hydrogens (tertiary/aromatic N) is 3. The summed E-state index contributed by atoms with van der Waals surface area (Å²) in [6.45, 7) is 5.13. The summed E-state index contributed by atoms with van der Waals surface area (Å²) < 4.78 is 0. The maximum Gasteiger partial charge on any atom is 0.270 e. The van der Waals surface area contributed by atoms with Gasteiger partial charge in [-0.25, -0.2) is 9.97 Å². The molecule has 5 nitrogen and oxygen atoms in total. The van der Waals surface area contributed by atoms with E-state index in [0.29, 0.717) is 17.8 Å². The van der Waals surface area contributed by atoms with Crippen molar-refractivity contribution in [2.45, 2.75) is 64.5 Å². The number of hydrogen-bond donors (Lipinski definition) is 1. The lowest BCUT2D eigenvalue weighted by atomic mass is 10.0. The molecule has 0 spiro atoms. The van der Waals surface area contributed by atoms with E-state index in [-0.39, 0.29) is 5.91 Å². The molecule has 5 heteroatoms. The third-order valence-corrected chi connectivity index (χ3v) is 4.34. The average Bonchev–Trinajstić information content (AvgIpc) is 3.30. The van der Waals surface area contributed by atoms with Crippen LogP contribution in [-0.4, -0.2) is 34.5 Å². The van der Waals surface area contributed by atoms with Crippen molar-refractivity contribution in [1.82, 2.24) is 15.3 Å². The first kappa shape index (κ1) is 14.3. The van der Waals surface area contributed by atoms with Crippen molar-refractivity contribution < 1.29 is 4.79 Å². The lowest BCUT2D eigenvalue weighted by Crippen LogP contribution is -2.40. The van der Waals surface area contributed by atoms with Gasteiger partial charge >= 0.3 is 0 Å². The second kappa shape index (κ2) is 6.00. The van der Waals surface area contributed by atoms with Crippen LogP contribution in [0.3, 0.4) is 0 Å².